The van der Waals surface area contributed by atoms with Gasteiger partial charge in [0.1, 0.15) is 11.6 Å². The Kier molecular flexibility index (Phi) is 3.48. The maximum absolute atomic E-state index is 12.6. The molecule has 0 aliphatic heterocycles. The number of ether oxygens (including phenoxy) is 1. The Morgan fingerprint density at radius 3 is 2.46 bits per heavy atom. The van der Waals surface area contributed by atoms with Crippen LogP contribution >= 0.6 is 0 Å². The third-order valence-corrected chi connectivity index (χ3v) is 1.06. The Bertz CT molecular complexity index is 267. The van der Waals surface area contributed by atoms with E-state index in [1.165, 1.54) is 6.07 Å². The van der Waals surface area contributed by atoms with E-state index in [-0.39, 0.29) is 0 Å². The van der Waals surface area contributed by atoms with Crippen LogP contribution < -0.4 is 0 Å². The standard InChI is InChI=1S/C7H6F3NO2/c1-4(3-11)5(12)13-7(2,10)6(8)9/h6H,1H2,2H3. The minimum absolute atomic E-state index is 0.389. The first kappa shape index (κ1) is 11.5. The van der Waals surface area contributed by atoms with Crippen molar-refractivity contribution < 1.29 is 22.7 Å². The molecule has 6 heteroatoms. The molecule has 0 spiro atoms. The first-order chi connectivity index (χ1) is 5.81. The lowest BCUT2D eigenvalue weighted by molar-refractivity contribution is -0.209. The lowest BCUT2D eigenvalue weighted by Gasteiger charge is -2.18. The highest BCUT2D eigenvalue weighted by molar-refractivity contribution is 5.92. The minimum atomic E-state index is -3.47. The summed E-state index contributed by atoms with van der Waals surface area (Å²) in [6.07, 6.45) is -3.47. The summed E-state index contributed by atoms with van der Waals surface area (Å²) >= 11 is 0. The van der Waals surface area contributed by atoms with Gasteiger partial charge in [-0.2, -0.15) is 9.65 Å². The molecule has 3 nitrogen and oxygen atoms in total. The Hall–Kier alpha value is -1.51. The number of halogens is 3. The first-order valence-corrected chi connectivity index (χ1v) is 3.10. The fourth-order valence-electron chi connectivity index (χ4n) is 0.333. The fourth-order valence-corrected chi connectivity index (χ4v) is 0.333. The molecule has 0 N–H and O–H groups in total. The number of alkyl halides is 3. The van der Waals surface area contributed by atoms with E-state index in [4.69, 9.17) is 5.26 Å². The van der Waals surface area contributed by atoms with E-state index in [1.54, 1.807) is 0 Å². The maximum atomic E-state index is 12.6. The van der Waals surface area contributed by atoms with Crippen molar-refractivity contribution in [3.05, 3.63) is 12.2 Å². The Balaban J connectivity index is 4.39. The largest absolute Gasteiger partial charge is 0.418 e. The average molecular weight is 193 g/mol. The lowest BCUT2D eigenvalue weighted by atomic mass is 10.3. The van der Waals surface area contributed by atoms with Crippen molar-refractivity contribution in [1.82, 2.24) is 0 Å². The molecule has 0 rings (SSSR count). The van der Waals surface area contributed by atoms with E-state index in [0.717, 1.165) is 0 Å². The molecule has 1 atom stereocenters. The molecule has 0 aliphatic carbocycles. The van der Waals surface area contributed by atoms with E-state index in [9.17, 15) is 18.0 Å². The normalized spacial score (nSPS) is 14.5. The van der Waals surface area contributed by atoms with Crippen molar-refractivity contribution in [3.8, 4) is 6.07 Å². The molecule has 0 amide bonds. The van der Waals surface area contributed by atoms with Crippen LogP contribution in [0.15, 0.2) is 12.2 Å². The number of nitriles is 1. The SMILES string of the molecule is C=C(C#N)C(=O)OC(C)(F)C(F)F. The highest BCUT2D eigenvalue weighted by atomic mass is 19.3. The van der Waals surface area contributed by atoms with Crippen molar-refractivity contribution in [1.29, 1.82) is 5.26 Å². The van der Waals surface area contributed by atoms with E-state index in [0.29, 0.717) is 6.92 Å². The van der Waals surface area contributed by atoms with E-state index in [2.05, 4.69) is 11.3 Å². The summed E-state index contributed by atoms with van der Waals surface area (Å²) in [6.45, 7) is 3.26. The van der Waals surface area contributed by atoms with Crippen LogP contribution in [0.3, 0.4) is 0 Å². The number of hydrogen-bond donors (Lipinski definition) is 0. The van der Waals surface area contributed by atoms with Gasteiger partial charge in [0.05, 0.1) is 0 Å². The number of hydrogen-bond acceptors (Lipinski definition) is 3. The van der Waals surface area contributed by atoms with Crippen molar-refractivity contribution >= 4 is 5.97 Å². The van der Waals surface area contributed by atoms with Gasteiger partial charge in [0.2, 0.25) is 0 Å². The summed E-state index contributed by atoms with van der Waals surface area (Å²) in [5.74, 6) is -4.88. The molecule has 0 saturated heterocycles. The molecule has 13 heavy (non-hydrogen) atoms. The number of carbonyl (C=O) groups is 1. The van der Waals surface area contributed by atoms with Gasteiger partial charge in [-0.25, -0.2) is 13.6 Å². The minimum Gasteiger partial charge on any atom is -0.418 e. The fraction of sp³-hybridized carbons (Fsp3) is 0.429. The monoisotopic (exact) mass is 193 g/mol. The van der Waals surface area contributed by atoms with Gasteiger partial charge in [0, 0.05) is 6.92 Å². The third-order valence-electron chi connectivity index (χ3n) is 1.06. The molecule has 0 aliphatic rings. The molecule has 0 heterocycles. The molecule has 0 aromatic heterocycles. The second-order valence-corrected chi connectivity index (χ2v) is 2.27. The van der Waals surface area contributed by atoms with Crippen LogP contribution in [0.2, 0.25) is 0 Å². The molecule has 0 saturated carbocycles. The predicted octanol–water partition coefficient (Wildman–Crippen LogP) is 1.56. The van der Waals surface area contributed by atoms with Gasteiger partial charge in [-0.1, -0.05) is 6.58 Å². The van der Waals surface area contributed by atoms with Crippen molar-refractivity contribution in [2.24, 2.45) is 0 Å². The van der Waals surface area contributed by atoms with Crippen LogP contribution in [-0.4, -0.2) is 18.2 Å². The summed E-state index contributed by atoms with van der Waals surface area (Å²) in [4.78, 5) is 10.6. The molecule has 0 aromatic carbocycles. The topological polar surface area (TPSA) is 50.1 Å². The van der Waals surface area contributed by atoms with E-state index >= 15 is 0 Å². The Morgan fingerprint density at radius 1 is 1.69 bits per heavy atom. The van der Waals surface area contributed by atoms with Crippen LogP contribution in [0, 0.1) is 11.3 Å². The predicted molar refractivity (Wildman–Crippen MR) is 36.4 cm³/mol. The van der Waals surface area contributed by atoms with Crippen molar-refractivity contribution in [2.45, 2.75) is 19.2 Å². The van der Waals surface area contributed by atoms with Gasteiger partial charge in [-0.3, -0.25) is 0 Å². The molecule has 0 radical (unpaired) electrons. The second kappa shape index (κ2) is 3.94. The second-order valence-electron chi connectivity index (χ2n) is 2.27. The average Bonchev–Trinajstić information content (AvgIpc) is 2.01. The number of nitrogens with zero attached hydrogens (tertiary/aromatic N) is 1. The van der Waals surface area contributed by atoms with Crippen LogP contribution in [0.5, 0.6) is 0 Å². The Morgan fingerprint density at radius 2 is 2.15 bits per heavy atom. The quantitative estimate of drug-likeness (QED) is 0.388. The maximum Gasteiger partial charge on any atom is 0.351 e. The number of carbonyl (C=O) groups excluding carboxylic acids is 1. The smallest absolute Gasteiger partial charge is 0.351 e. The van der Waals surface area contributed by atoms with E-state index < -0.39 is 23.8 Å². The van der Waals surface area contributed by atoms with Crippen LogP contribution in [0.4, 0.5) is 13.2 Å². The molecule has 0 bridgehead atoms. The van der Waals surface area contributed by atoms with Gasteiger partial charge in [0.15, 0.2) is 0 Å². The summed E-state index contributed by atoms with van der Waals surface area (Å²) in [5, 5.41) is 8.08. The van der Waals surface area contributed by atoms with E-state index in [1.807, 2.05) is 0 Å². The number of rotatable bonds is 3. The lowest BCUT2D eigenvalue weighted by Crippen LogP contribution is -2.34. The third kappa shape index (κ3) is 3.15. The van der Waals surface area contributed by atoms with Gasteiger partial charge in [-0.15, -0.1) is 0 Å². The molecular weight excluding hydrogens is 187 g/mol. The molecule has 1 unspecified atom stereocenters. The molecule has 0 aromatic rings. The number of esters is 1. The summed E-state index contributed by atoms with van der Waals surface area (Å²) in [7, 11) is 0. The highest BCUT2D eigenvalue weighted by Crippen LogP contribution is 2.22. The zero-order chi connectivity index (χ0) is 10.6. The summed E-state index contributed by atoms with van der Waals surface area (Å²) in [5.41, 5.74) is -0.732. The van der Waals surface area contributed by atoms with Crippen LogP contribution in [-0.2, 0) is 9.53 Å². The Labute approximate surface area is 72.4 Å². The summed E-state index contributed by atoms with van der Waals surface area (Å²) in [6, 6.07) is 1.25. The molecule has 72 valence electrons. The summed E-state index contributed by atoms with van der Waals surface area (Å²) < 4.78 is 39.8. The molecular formula is C7H6F3NO2. The first-order valence-electron chi connectivity index (χ1n) is 3.10. The van der Waals surface area contributed by atoms with Crippen LogP contribution in [0.25, 0.3) is 0 Å². The van der Waals surface area contributed by atoms with Gasteiger partial charge < -0.3 is 4.74 Å². The van der Waals surface area contributed by atoms with Gasteiger partial charge in [0.25, 0.3) is 0 Å². The van der Waals surface area contributed by atoms with Crippen molar-refractivity contribution in [2.75, 3.05) is 0 Å². The highest BCUT2D eigenvalue weighted by Gasteiger charge is 2.39. The molecule has 0 fully saturated rings. The van der Waals surface area contributed by atoms with Gasteiger partial charge in [-0.05, 0) is 0 Å². The zero-order valence-electron chi connectivity index (χ0n) is 6.68. The van der Waals surface area contributed by atoms with Crippen LogP contribution in [0.1, 0.15) is 6.92 Å². The zero-order valence-corrected chi connectivity index (χ0v) is 6.68. The van der Waals surface area contributed by atoms with Crippen molar-refractivity contribution in [3.63, 3.8) is 0 Å². The van der Waals surface area contributed by atoms with Gasteiger partial charge >= 0.3 is 18.2 Å².